The lowest BCUT2D eigenvalue weighted by atomic mass is 10.2. The predicted octanol–water partition coefficient (Wildman–Crippen LogP) is 0.961. The summed E-state index contributed by atoms with van der Waals surface area (Å²) < 4.78 is 2.01. The number of nitrogens with one attached hydrogen (secondary N) is 2. The molecule has 2 rings (SSSR count). The van der Waals surface area contributed by atoms with E-state index in [0.717, 1.165) is 31.5 Å². The van der Waals surface area contributed by atoms with E-state index < -0.39 is 0 Å². The molecule has 0 fully saturated rings. The molecule has 0 aliphatic heterocycles. The largest absolute Gasteiger partial charge is 0.395 e. The second-order valence-corrected chi connectivity index (χ2v) is 4.58. The maximum Gasteiger partial charge on any atom is 0.273 e. The smallest absolute Gasteiger partial charge is 0.273 e. The summed E-state index contributed by atoms with van der Waals surface area (Å²) in [7, 11) is 0. The number of unbranched alkanes of at least 4 members (excludes halogenated alkanes) is 1. The number of hydrogen-bond donors (Lipinski definition) is 3. The number of nitrogens with two attached hydrogens (primary N) is 1. The van der Waals surface area contributed by atoms with E-state index in [4.69, 9.17) is 5.73 Å². The first-order chi connectivity index (χ1) is 9.72. The fraction of sp³-hybridized carbons (Fsp3) is 0.462. The molecule has 0 saturated carbocycles. The van der Waals surface area contributed by atoms with Crippen molar-refractivity contribution in [3.05, 3.63) is 30.1 Å². The van der Waals surface area contributed by atoms with Gasteiger partial charge >= 0.3 is 0 Å². The van der Waals surface area contributed by atoms with Crippen LogP contribution in [0.1, 0.15) is 35.9 Å². The summed E-state index contributed by atoms with van der Waals surface area (Å²) in [5, 5.41) is 9.56. The molecular formula is C13H20N6O. The van der Waals surface area contributed by atoms with Gasteiger partial charge in [0.2, 0.25) is 0 Å². The average Bonchev–Trinajstić information content (AvgIpc) is 3.07. The molecule has 0 aliphatic carbocycles. The van der Waals surface area contributed by atoms with E-state index in [1.807, 2.05) is 17.7 Å². The number of aromatic nitrogens is 4. The van der Waals surface area contributed by atoms with Crippen molar-refractivity contribution in [2.75, 3.05) is 12.3 Å². The van der Waals surface area contributed by atoms with Crippen molar-refractivity contribution in [1.82, 2.24) is 25.1 Å². The highest BCUT2D eigenvalue weighted by Crippen LogP contribution is 2.13. The molecular weight excluding hydrogens is 256 g/mol. The lowest BCUT2D eigenvalue weighted by Gasteiger charge is -2.04. The number of aryl methyl sites for hydroxylation is 2. The van der Waals surface area contributed by atoms with E-state index in [-0.39, 0.29) is 11.6 Å². The van der Waals surface area contributed by atoms with Crippen LogP contribution >= 0.6 is 0 Å². The van der Waals surface area contributed by atoms with Crippen LogP contribution < -0.4 is 11.1 Å². The molecule has 7 heteroatoms. The maximum absolute atomic E-state index is 11.9. The van der Waals surface area contributed by atoms with Gasteiger partial charge in [0.25, 0.3) is 5.91 Å². The number of imidazole rings is 1. The molecule has 2 aromatic rings. The van der Waals surface area contributed by atoms with Gasteiger partial charge in [-0.1, -0.05) is 6.92 Å². The Morgan fingerprint density at radius 3 is 3.00 bits per heavy atom. The van der Waals surface area contributed by atoms with E-state index in [0.29, 0.717) is 12.2 Å². The lowest BCUT2D eigenvalue weighted by molar-refractivity contribution is 0.0948. The van der Waals surface area contributed by atoms with E-state index in [1.165, 1.54) is 0 Å². The Bertz CT molecular complexity index is 545. The molecule has 0 aromatic carbocycles. The minimum atomic E-state index is -0.221. The van der Waals surface area contributed by atoms with Crippen LogP contribution in [0.25, 0.3) is 0 Å². The average molecular weight is 276 g/mol. The number of nitrogens with zero attached hydrogens (tertiary/aromatic N) is 3. The molecule has 2 heterocycles. The molecule has 0 spiro atoms. The Balaban J connectivity index is 1.71. The highest BCUT2D eigenvalue weighted by molar-refractivity contribution is 5.97. The highest BCUT2D eigenvalue weighted by Gasteiger charge is 2.15. The van der Waals surface area contributed by atoms with E-state index in [1.54, 1.807) is 12.5 Å². The molecule has 0 saturated heterocycles. The van der Waals surface area contributed by atoms with Crippen molar-refractivity contribution in [1.29, 1.82) is 0 Å². The first kappa shape index (κ1) is 14.1. The third-order valence-electron chi connectivity index (χ3n) is 3.14. The SMILES string of the molecule is CCc1[nH]nc(C(=O)NCCCCn2ccnc2)c1N. The zero-order valence-corrected chi connectivity index (χ0v) is 11.6. The van der Waals surface area contributed by atoms with Gasteiger partial charge in [0, 0.05) is 25.5 Å². The van der Waals surface area contributed by atoms with Crippen molar-refractivity contribution in [2.24, 2.45) is 0 Å². The zero-order valence-electron chi connectivity index (χ0n) is 11.6. The summed E-state index contributed by atoms with van der Waals surface area (Å²) in [4.78, 5) is 15.9. The molecule has 0 unspecified atom stereocenters. The van der Waals surface area contributed by atoms with Crippen LogP contribution in [0.4, 0.5) is 5.69 Å². The van der Waals surface area contributed by atoms with Crippen molar-refractivity contribution in [3.63, 3.8) is 0 Å². The molecule has 0 atom stereocenters. The number of anilines is 1. The summed E-state index contributed by atoms with van der Waals surface area (Å²) in [6.07, 6.45) is 8.08. The van der Waals surface area contributed by atoms with Gasteiger partial charge in [-0.25, -0.2) is 4.98 Å². The zero-order chi connectivity index (χ0) is 14.4. The Hall–Kier alpha value is -2.31. The third kappa shape index (κ3) is 3.37. The van der Waals surface area contributed by atoms with Gasteiger partial charge in [-0.2, -0.15) is 5.10 Å². The summed E-state index contributed by atoms with van der Waals surface area (Å²) in [5.74, 6) is -0.221. The summed E-state index contributed by atoms with van der Waals surface area (Å²) in [6, 6.07) is 0. The van der Waals surface area contributed by atoms with Gasteiger partial charge in [-0.05, 0) is 19.3 Å². The van der Waals surface area contributed by atoms with Gasteiger partial charge < -0.3 is 15.6 Å². The number of carbonyl (C=O) groups excluding carboxylic acids is 1. The maximum atomic E-state index is 11.9. The highest BCUT2D eigenvalue weighted by atomic mass is 16.1. The molecule has 0 radical (unpaired) electrons. The second-order valence-electron chi connectivity index (χ2n) is 4.58. The van der Waals surface area contributed by atoms with Crippen molar-refractivity contribution in [2.45, 2.75) is 32.7 Å². The van der Waals surface area contributed by atoms with Gasteiger partial charge in [0.05, 0.1) is 17.7 Å². The van der Waals surface area contributed by atoms with Crippen LogP contribution in [0.3, 0.4) is 0 Å². The molecule has 108 valence electrons. The van der Waals surface area contributed by atoms with Gasteiger partial charge in [-0.3, -0.25) is 9.89 Å². The molecule has 7 nitrogen and oxygen atoms in total. The summed E-state index contributed by atoms with van der Waals surface area (Å²) in [5.41, 5.74) is 7.38. The summed E-state index contributed by atoms with van der Waals surface area (Å²) >= 11 is 0. The number of H-pyrrole nitrogens is 1. The van der Waals surface area contributed by atoms with Crippen LogP contribution in [0.2, 0.25) is 0 Å². The summed E-state index contributed by atoms with van der Waals surface area (Å²) in [6.45, 7) is 3.48. The number of hydrogen-bond acceptors (Lipinski definition) is 4. The fourth-order valence-corrected chi connectivity index (χ4v) is 1.95. The molecule has 2 aromatic heterocycles. The van der Waals surface area contributed by atoms with E-state index in [2.05, 4.69) is 20.5 Å². The first-order valence-electron chi connectivity index (χ1n) is 6.79. The molecule has 0 aliphatic rings. The Labute approximate surface area is 117 Å². The normalized spacial score (nSPS) is 10.7. The molecule has 0 bridgehead atoms. The molecule has 20 heavy (non-hydrogen) atoms. The first-order valence-corrected chi connectivity index (χ1v) is 6.79. The lowest BCUT2D eigenvalue weighted by Crippen LogP contribution is -2.25. The monoisotopic (exact) mass is 276 g/mol. The van der Waals surface area contributed by atoms with Crippen LogP contribution in [0.5, 0.6) is 0 Å². The quantitative estimate of drug-likeness (QED) is 0.655. The Kier molecular flexibility index (Phi) is 4.75. The molecule has 4 N–H and O–H groups in total. The van der Waals surface area contributed by atoms with Crippen LogP contribution in [0, 0.1) is 0 Å². The van der Waals surface area contributed by atoms with E-state index >= 15 is 0 Å². The Morgan fingerprint density at radius 1 is 1.50 bits per heavy atom. The van der Waals surface area contributed by atoms with Crippen molar-refractivity contribution in [3.8, 4) is 0 Å². The number of rotatable bonds is 7. The van der Waals surface area contributed by atoms with Crippen LogP contribution in [-0.4, -0.2) is 32.2 Å². The minimum absolute atomic E-state index is 0.221. The van der Waals surface area contributed by atoms with Crippen LogP contribution in [0.15, 0.2) is 18.7 Å². The van der Waals surface area contributed by atoms with E-state index in [9.17, 15) is 4.79 Å². The van der Waals surface area contributed by atoms with Crippen molar-refractivity contribution >= 4 is 11.6 Å². The third-order valence-corrected chi connectivity index (χ3v) is 3.14. The standard InChI is InChI=1S/C13H20N6O/c1-2-10-11(14)12(18-17-10)13(20)16-5-3-4-7-19-8-6-15-9-19/h6,8-9H,2-5,7,14H2,1H3,(H,16,20)(H,17,18). The van der Waals surface area contributed by atoms with Crippen molar-refractivity contribution < 1.29 is 4.79 Å². The van der Waals surface area contributed by atoms with Gasteiger partial charge in [-0.15, -0.1) is 0 Å². The number of carbonyl (C=O) groups is 1. The van der Waals surface area contributed by atoms with Crippen LogP contribution in [-0.2, 0) is 13.0 Å². The predicted molar refractivity (Wildman–Crippen MR) is 76.2 cm³/mol. The fourth-order valence-electron chi connectivity index (χ4n) is 1.95. The molecule has 1 amide bonds. The van der Waals surface area contributed by atoms with Gasteiger partial charge in [0.1, 0.15) is 0 Å². The number of amides is 1. The number of aromatic amines is 1. The number of nitrogen functional groups attached to an aromatic ring is 1. The van der Waals surface area contributed by atoms with Gasteiger partial charge in [0.15, 0.2) is 5.69 Å². The second kappa shape index (κ2) is 6.74. The minimum Gasteiger partial charge on any atom is -0.395 e. The topological polar surface area (TPSA) is 102 Å². The Morgan fingerprint density at radius 2 is 2.35 bits per heavy atom.